The number of carbonyl (C=O) groups excluding carboxylic acids is 1. The van der Waals surface area contributed by atoms with Crippen LogP contribution in [0.15, 0.2) is 18.2 Å². The van der Waals surface area contributed by atoms with Crippen molar-refractivity contribution in [1.82, 2.24) is 4.90 Å². The van der Waals surface area contributed by atoms with Crippen molar-refractivity contribution < 1.29 is 4.79 Å². The van der Waals surface area contributed by atoms with Crippen molar-refractivity contribution in [2.75, 3.05) is 31.1 Å². The first-order chi connectivity index (χ1) is 11.6. The molecule has 0 aromatic heterocycles. The molecular weight excluding hydrogens is 320 g/mol. The number of rotatable bonds is 3. The van der Waals surface area contributed by atoms with E-state index in [0.717, 1.165) is 49.5 Å². The topological polar surface area (TPSA) is 23.6 Å². The zero-order chi connectivity index (χ0) is 16.7. The van der Waals surface area contributed by atoms with E-state index < -0.39 is 0 Å². The second kappa shape index (κ2) is 6.59. The Morgan fingerprint density at radius 2 is 1.96 bits per heavy atom. The highest BCUT2D eigenvalue weighted by Crippen LogP contribution is 2.49. The van der Waals surface area contributed by atoms with Gasteiger partial charge in [-0.1, -0.05) is 24.1 Å². The van der Waals surface area contributed by atoms with E-state index in [9.17, 15) is 4.79 Å². The van der Waals surface area contributed by atoms with Crippen molar-refractivity contribution in [3.63, 3.8) is 0 Å². The lowest BCUT2D eigenvalue weighted by atomic mass is 9.86. The minimum atomic E-state index is 0.384. The first-order valence-corrected chi connectivity index (χ1v) is 9.77. The Morgan fingerprint density at radius 1 is 1.17 bits per heavy atom. The van der Waals surface area contributed by atoms with E-state index in [1.807, 2.05) is 12.1 Å². The van der Waals surface area contributed by atoms with Gasteiger partial charge in [-0.2, -0.15) is 0 Å². The minimum absolute atomic E-state index is 0.384. The van der Waals surface area contributed by atoms with Gasteiger partial charge in [0, 0.05) is 43.3 Å². The third-order valence-corrected chi connectivity index (χ3v) is 6.70. The summed E-state index contributed by atoms with van der Waals surface area (Å²) in [5, 5.41) is 0.783. The van der Waals surface area contributed by atoms with Crippen LogP contribution in [0.1, 0.15) is 37.7 Å². The highest BCUT2D eigenvalue weighted by Gasteiger charge is 2.40. The average Bonchev–Trinajstić information content (AvgIpc) is 3.20. The summed E-state index contributed by atoms with van der Waals surface area (Å²) in [6.07, 6.45) is 6.26. The van der Waals surface area contributed by atoms with Crippen molar-refractivity contribution in [1.29, 1.82) is 0 Å². The first kappa shape index (κ1) is 16.3. The molecule has 3 atom stereocenters. The highest BCUT2D eigenvalue weighted by molar-refractivity contribution is 6.30. The second-order valence-electron chi connectivity index (χ2n) is 7.94. The lowest BCUT2D eigenvalue weighted by Crippen LogP contribution is -2.49. The zero-order valence-electron chi connectivity index (χ0n) is 14.5. The summed E-state index contributed by atoms with van der Waals surface area (Å²) in [6.45, 7) is 5.61. The van der Waals surface area contributed by atoms with E-state index in [1.165, 1.54) is 36.9 Å². The van der Waals surface area contributed by atoms with Crippen LogP contribution in [0.5, 0.6) is 0 Å². The van der Waals surface area contributed by atoms with Crippen LogP contribution in [0.4, 0.5) is 5.69 Å². The molecule has 4 heteroatoms. The first-order valence-electron chi connectivity index (χ1n) is 9.39. The molecule has 3 nitrogen and oxygen atoms in total. The molecule has 0 spiro atoms. The predicted molar refractivity (Wildman–Crippen MR) is 98.5 cm³/mol. The number of hydrogen-bond acceptors (Lipinski definition) is 2. The number of nitrogens with zero attached hydrogens (tertiary/aromatic N) is 2. The largest absolute Gasteiger partial charge is 0.368 e. The molecule has 1 amide bonds. The number of piperazine rings is 1. The van der Waals surface area contributed by atoms with Gasteiger partial charge in [-0.15, -0.1) is 0 Å². The summed E-state index contributed by atoms with van der Waals surface area (Å²) in [4.78, 5) is 17.1. The van der Waals surface area contributed by atoms with Crippen LogP contribution in [-0.4, -0.2) is 37.0 Å². The number of anilines is 1. The van der Waals surface area contributed by atoms with Gasteiger partial charge in [0.15, 0.2) is 0 Å². The fourth-order valence-corrected chi connectivity index (χ4v) is 5.27. The van der Waals surface area contributed by atoms with Gasteiger partial charge in [-0.25, -0.2) is 0 Å². The summed E-state index contributed by atoms with van der Waals surface area (Å²) in [7, 11) is 0. The molecule has 0 radical (unpaired) electrons. The molecule has 1 heterocycles. The van der Waals surface area contributed by atoms with Crippen LogP contribution in [0.3, 0.4) is 0 Å². The molecule has 3 aliphatic rings. The lowest BCUT2D eigenvalue weighted by Gasteiger charge is -2.37. The highest BCUT2D eigenvalue weighted by atomic mass is 35.5. The molecular formula is C20H27ClN2O. The van der Waals surface area contributed by atoms with E-state index in [2.05, 4.69) is 22.8 Å². The van der Waals surface area contributed by atoms with Crippen molar-refractivity contribution >= 4 is 23.2 Å². The van der Waals surface area contributed by atoms with Gasteiger partial charge in [0.2, 0.25) is 5.91 Å². The SMILES string of the molecule is Cc1ccc(Cl)cc1N1CCN(C(=O)C[C@H]2C[C@H]3CC[C@H]2C3)CC1. The van der Waals surface area contributed by atoms with Gasteiger partial charge in [-0.3, -0.25) is 4.79 Å². The Morgan fingerprint density at radius 3 is 2.62 bits per heavy atom. The van der Waals surface area contributed by atoms with E-state index in [4.69, 9.17) is 11.6 Å². The minimum Gasteiger partial charge on any atom is -0.368 e. The Kier molecular flexibility index (Phi) is 4.46. The number of aryl methyl sites for hydroxylation is 1. The predicted octanol–water partition coefficient (Wildman–Crippen LogP) is 4.12. The zero-order valence-corrected chi connectivity index (χ0v) is 15.3. The lowest BCUT2D eigenvalue weighted by molar-refractivity contribution is -0.132. The third kappa shape index (κ3) is 3.15. The number of fused-ring (bicyclic) bond motifs is 2. The molecule has 24 heavy (non-hydrogen) atoms. The van der Waals surface area contributed by atoms with Crippen LogP contribution in [-0.2, 0) is 4.79 Å². The molecule has 0 N–H and O–H groups in total. The van der Waals surface area contributed by atoms with E-state index >= 15 is 0 Å². The molecule has 1 aromatic rings. The monoisotopic (exact) mass is 346 g/mol. The maximum Gasteiger partial charge on any atom is 0.222 e. The number of amides is 1. The number of hydrogen-bond donors (Lipinski definition) is 0. The molecule has 2 bridgehead atoms. The van der Waals surface area contributed by atoms with Gasteiger partial charge < -0.3 is 9.80 Å². The fourth-order valence-electron chi connectivity index (χ4n) is 5.10. The third-order valence-electron chi connectivity index (χ3n) is 6.47. The molecule has 1 aromatic carbocycles. The normalized spacial score (nSPS) is 29.3. The summed E-state index contributed by atoms with van der Waals surface area (Å²) < 4.78 is 0. The molecule has 1 saturated heterocycles. The van der Waals surface area contributed by atoms with Crippen LogP contribution in [0.25, 0.3) is 0 Å². The smallest absolute Gasteiger partial charge is 0.222 e. The van der Waals surface area contributed by atoms with Crippen molar-refractivity contribution in [2.24, 2.45) is 17.8 Å². The van der Waals surface area contributed by atoms with E-state index in [0.29, 0.717) is 11.8 Å². The van der Waals surface area contributed by atoms with E-state index in [-0.39, 0.29) is 0 Å². The van der Waals surface area contributed by atoms with Gasteiger partial charge in [0.1, 0.15) is 0 Å². The van der Waals surface area contributed by atoms with Crippen molar-refractivity contribution in [3.8, 4) is 0 Å². The Labute approximate surface area is 150 Å². The van der Waals surface area contributed by atoms with Crippen LogP contribution in [0, 0.1) is 24.7 Å². The molecule has 2 saturated carbocycles. The Balaban J connectivity index is 1.32. The number of carbonyl (C=O) groups is 1. The maximum absolute atomic E-state index is 12.7. The molecule has 3 fully saturated rings. The summed E-state index contributed by atoms with van der Waals surface area (Å²) in [6, 6.07) is 6.06. The van der Waals surface area contributed by atoms with Gasteiger partial charge in [0.25, 0.3) is 0 Å². The summed E-state index contributed by atoms with van der Waals surface area (Å²) in [5.41, 5.74) is 2.46. The Bertz CT molecular complexity index is 624. The standard InChI is InChI=1S/C20H27ClN2O/c1-14-2-5-18(21)13-19(14)22-6-8-23(9-7-22)20(24)12-17-11-15-3-4-16(17)10-15/h2,5,13,15-17H,3-4,6-12H2,1H3/t15-,16-,17+/m0/s1. The van der Waals surface area contributed by atoms with Crippen LogP contribution >= 0.6 is 11.6 Å². The molecule has 1 aliphatic heterocycles. The summed E-state index contributed by atoms with van der Waals surface area (Å²) >= 11 is 6.15. The number of halogens is 1. The maximum atomic E-state index is 12.7. The quantitative estimate of drug-likeness (QED) is 0.821. The van der Waals surface area contributed by atoms with Crippen LogP contribution < -0.4 is 4.90 Å². The molecule has 0 unspecified atom stereocenters. The summed E-state index contributed by atoms with van der Waals surface area (Å²) in [5.74, 6) is 2.82. The van der Waals surface area contributed by atoms with Gasteiger partial charge in [-0.05, 0) is 61.6 Å². The Hall–Kier alpha value is -1.22. The van der Waals surface area contributed by atoms with Gasteiger partial charge in [0.05, 0.1) is 0 Å². The van der Waals surface area contributed by atoms with Gasteiger partial charge >= 0.3 is 0 Å². The molecule has 4 rings (SSSR count). The average molecular weight is 347 g/mol. The van der Waals surface area contributed by atoms with Crippen molar-refractivity contribution in [3.05, 3.63) is 28.8 Å². The number of benzene rings is 1. The second-order valence-corrected chi connectivity index (χ2v) is 8.37. The van der Waals surface area contributed by atoms with Crippen LogP contribution in [0.2, 0.25) is 5.02 Å². The molecule has 2 aliphatic carbocycles. The fraction of sp³-hybridized carbons (Fsp3) is 0.650. The van der Waals surface area contributed by atoms with E-state index in [1.54, 1.807) is 0 Å². The van der Waals surface area contributed by atoms with Crippen molar-refractivity contribution in [2.45, 2.75) is 39.0 Å². The molecule has 130 valence electrons.